The van der Waals surface area contributed by atoms with Crippen molar-refractivity contribution in [1.29, 1.82) is 0 Å². The highest BCUT2D eigenvalue weighted by molar-refractivity contribution is 6.04. The summed E-state index contributed by atoms with van der Waals surface area (Å²) in [7, 11) is 0. The van der Waals surface area contributed by atoms with Gasteiger partial charge in [0, 0.05) is 25.5 Å². The molecule has 4 rings (SSSR count). The zero-order chi connectivity index (χ0) is 24.5. The van der Waals surface area contributed by atoms with E-state index in [0.29, 0.717) is 30.2 Å². The van der Waals surface area contributed by atoms with E-state index in [4.69, 9.17) is 5.73 Å². The molecule has 0 radical (unpaired) electrons. The monoisotopic (exact) mass is 473 g/mol. The summed E-state index contributed by atoms with van der Waals surface area (Å²) in [6.45, 7) is 4.22. The Bertz CT molecular complexity index is 1120. The smallest absolute Gasteiger partial charge is 0.322 e. The van der Waals surface area contributed by atoms with Crippen molar-refractivity contribution >= 4 is 29.0 Å². The number of carbonyl (C=O) groups excluding carboxylic acids is 2. The number of rotatable bonds is 9. The molecule has 9 heteroatoms. The highest BCUT2D eigenvalue weighted by Gasteiger charge is 2.17. The van der Waals surface area contributed by atoms with Gasteiger partial charge in [0.2, 0.25) is 0 Å². The van der Waals surface area contributed by atoms with Gasteiger partial charge in [-0.1, -0.05) is 18.2 Å². The lowest BCUT2D eigenvalue weighted by molar-refractivity contribution is 0.102. The Morgan fingerprint density at radius 2 is 1.83 bits per heavy atom. The lowest BCUT2D eigenvalue weighted by Crippen LogP contribution is -2.36. The molecule has 0 saturated carbocycles. The molecular weight excluding hydrogens is 442 g/mol. The molecule has 1 fully saturated rings. The second-order valence-electron chi connectivity index (χ2n) is 8.59. The van der Waals surface area contributed by atoms with E-state index in [1.54, 1.807) is 59.9 Å². The third-order valence-electron chi connectivity index (χ3n) is 5.94. The number of pyridine rings is 2. The van der Waals surface area contributed by atoms with Crippen molar-refractivity contribution in [3.8, 4) is 0 Å². The molecule has 3 aromatic rings. The molecule has 35 heavy (non-hydrogen) atoms. The molecule has 2 aromatic heterocycles. The first kappa shape index (κ1) is 24.2. The van der Waals surface area contributed by atoms with Gasteiger partial charge in [0.1, 0.15) is 5.69 Å². The largest absolute Gasteiger partial charge is 0.397 e. The van der Waals surface area contributed by atoms with Crippen LogP contribution in [0.2, 0.25) is 0 Å². The van der Waals surface area contributed by atoms with Crippen molar-refractivity contribution < 1.29 is 9.59 Å². The van der Waals surface area contributed by atoms with E-state index in [2.05, 4.69) is 25.5 Å². The van der Waals surface area contributed by atoms with Gasteiger partial charge in [0.15, 0.2) is 0 Å². The Morgan fingerprint density at radius 3 is 2.54 bits per heavy atom. The molecule has 0 unspecified atom stereocenters. The number of urea groups is 1. The highest BCUT2D eigenvalue weighted by atomic mass is 16.2. The Labute approximate surface area is 205 Å². The predicted molar refractivity (Wildman–Crippen MR) is 137 cm³/mol. The van der Waals surface area contributed by atoms with Gasteiger partial charge >= 0.3 is 6.03 Å². The minimum Gasteiger partial charge on any atom is -0.397 e. The number of hydrogen-bond donors (Lipinski definition) is 3. The number of nitrogens with two attached hydrogens (primary N) is 1. The molecule has 1 aliphatic rings. The topological polar surface area (TPSA) is 116 Å². The first-order valence-corrected chi connectivity index (χ1v) is 11.9. The number of aromatic nitrogens is 2. The van der Waals surface area contributed by atoms with Gasteiger partial charge < -0.3 is 26.2 Å². The number of amides is 3. The Kier molecular flexibility index (Phi) is 8.24. The Hall–Kier alpha value is -3.98. The number of hydrogen-bond acceptors (Lipinski definition) is 6. The number of nitrogens with zero attached hydrogens (tertiary/aromatic N) is 4. The number of likely N-dealkylation sites (tertiary alicyclic amines) is 1. The van der Waals surface area contributed by atoms with E-state index in [-0.39, 0.29) is 17.6 Å². The van der Waals surface area contributed by atoms with Crippen molar-refractivity contribution in [2.45, 2.75) is 25.8 Å². The van der Waals surface area contributed by atoms with Crippen LogP contribution < -0.4 is 16.4 Å². The second kappa shape index (κ2) is 11.9. The average Bonchev–Trinajstić information content (AvgIpc) is 3.39. The number of carbonyl (C=O) groups is 2. The van der Waals surface area contributed by atoms with E-state index in [1.165, 1.54) is 12.8 Å². The number of para-hydroxylation sites is 2. The summed E-state index contributed by atoms with van der Waals surface area (Å²) in [5.74, 6) is -0.341. The molecule has 1 aliphatic heterocycles. The maximum absolute atomic E-state index is 13.0. The molecule has 0 bridgehead atoms. The summed E-state index contributed by atoms with van der Waals surface area (Å²) in [5.41, 5.74) is 8.69. The number of anilines is 3. The zero-order valence-electron chi connectivity index (χ0n) is 19.7. The predicted octanol–water partition coefficient (Wildman–Crippen LogP) is 3.83. The molecule has 9 nitrogen and oxygen atoms in total. The van der Waals surface area contributed by atoms with Crippen molar-refractivity contribution in [1.82, 2.24) is 19.8 Å². The number of benzene rings is 1. The lowest BCUT2D eigenvalue weighted by Gasteiger charge is -2.24. The fraction of sp³-hybridized carbons (Fsp3) is 0.308. The van der Waals surface area contributed by atoms with Gasteiger partial charge in [-0.2, -0.15) is 0 Å². The molecule has 1 aromatic carbocycles. The van der Waals surface area contributed by atoms with Crippen LogP contribution in [0, 0.1) is 0 Å². The standard InChI is InChI=1S/C26H31N7O2/c27-22-8-1-2-9-23(22)31-25(34)24-11-10-20(17-29-24)19-33(16-6-15-32-13-3-4-14-32)26(35)30-21-7-5-12-28-18-21/h1-2,5,7-12,17-18H,3-4,6,13-16,19,27H2,(H,30,35)(H,31,34). The van der Waals surface area contributed by atoms with Gasteiger partial charge in [-0.3, -0.25) is 14.8 Å². The lowest BCUT2D eigenvalue weighted by atomic mass is 10.2. The molecule has 0 atom stereocenters. The van der Waals surface area contributed by atoms with Crippen LogP contribution in [0.5, 0.6) is 0 Å². The van der Waals surface area contributed by atoms with Gasteiger partial charge in [-0.15, -0.1) is 0 Å². The van der Waals surface area contributed by atoms with Gasteiger partial charge in [0.05, 0.1) is 23.3 Å². The highest BCUT2D eigenvalue weighted by Crippen LogP contribution is 2.18. The van der Waals surface area contributed by atoms with Crippen molar-refractivity contribution in [3.63, 3.8) is 0 Å². The fourth-order valence-corrected chi connectivity index (χ4v) is 4.05. The van der Waals surface area contributed by atoms with E-state index in [0.717, 1.165) is 31.6 Å². The summed E-state index contributed by atoms with van der Waals surface area (Å²) in [4.78, 5) is 38.2. The first-order chi connectivity index (χ1) is 17.1. The zero-order valence-corrected chi connectivity index (χ0v) is 19.7. The summed E-state index contributed by atoms with van der Waals surface area (Å²) < 4.78 is 0. The van der Waals surface area contributed by atoms with E-state index >= 15 is 0 Å². The Morgan fingerprint density at radius 1 is 1.00 bits per heavy atom. The first-order valence-electron chi connectivity index (χ1n) is 11.9. The van der Waals surface area contributed by atoms with Crippen LogP contribution in [0.4, 0.5) is 21.9 Å². The SMILES string of the molecule is Nc1ccccc1NC(=O)c1ccc(CN(CCCN2CCCC2)C(=O)Nc2cccnc2)cn1. The Balaban J connectivity index is 1.39. The maximum Gasteiger partial charge on any atom is 0.322 e. The summed E-state index contributed by atoms with van der Waals surface area (Å²) in [5, 5.41) is 5.69. The molecule has 1 saturated heterocycles. The number of nitrogens with one attached hydrogen (secondary N) is 2. The third kappa shape index (κ3) is 7.00. The van der Waals surface area contributed by atoms with E-state index < -0.39 is 0 Å². The molecule has 4 N–H and O–H groups in total. The molecule has 182 valence electrons. The van der Waals surface area contributed by atoms with Crippen molar-refractivity contribution in [2.75, 3.05) is 42.5 Å². The quantitative estimate of drug-likeness (QED) is 0.407. The fourth-order valence-electron chi connectivity index (χ4n) is 4.05. The van der Waals surface area contributed by atoms with Crippen LogP contribution >= 0.6 is 0 Å². The van der Waals surface area contributed by atoms with E-state index in [1.807, 2.05) is 12.1 Å². The minimum atomic E-state index is -0.341. The molecule has 3 amide bonds. The normalized spacial score (nSPS) is 13.4. The third-order valence-corrected chi connectivity index (χ3v) is 5.94. The van der Waals surface area contributed by atoms with Crippen LogP contribution in [0.1, 0.15) is 35.3 Å². The van der Waals surface area contributed by atoms with Gasteiger partial charge in [0.25, 0.3) is 5.91 Å². The molecule has 0 spiro atoms. The summed E-state index contributed by atoms with van der Waals surface area (Å²) in [6, 6.07) is 13.9. The van der Waals surface area contributed by atoms with Crippen LogP contribution in [0.25, 0.3) is 0 Å². The van der Waals surface area contributed by atoms with Crippen LogP contribution in [-0.2, 0) is 6.54 Å². The maximum atomic E-state index is 13.0. The van der Waals surface area contributed by atoms with Crippen molar-refractivity contribution in [2.24, 2.45) is 0 Å². The molecule has 3 heterocycles. The van der Waals surface area contributed by atoms with Gasteiger partial charge in [-0.25, -0.2) is 4.79 Å². The van der Waals surface area contributed by atoms with Gasteiger partial charge in [-0.05, 0) is 74.8 Å². The second-order valence-corrected chi connectivity index (χ2v) is 8.59. The minimum absolute atomic E-state index is 0.194. The van der Waals surface area contributed by atoms with Crippen molar-refractivity contribution in [3.05, 3.63) is 78.4 Å². The summed E-state index contributed by atoms with van der Waals surface area (Å²) in [6.07, 6.45) is 8.29. The van der Waals surface area contributed by atoms with Crippen LogP contribution in [0.3, 0.4) is 0 Å². The van der Waals surface area contributed by atoms with Crippen LogP contribution in [0.15, 0.2) is 67.1 Å². The van der Waals surface area contributed by atoms with E-state index in [9.17, 15) is 9.59 Å². The average molecular weight is 474 g/mol. The summed E-state index contributed by atoms with van der Waals surface area (Å²) >= 11 is 0. The molecular formula is C26H31N7O2. The molecule has 0 aliphatic carbocycles. The number of nitrogen functional groups attached to an aromatic ring is 1. The van der Waals surface area contributed by atoms with Crippen LogP contribution in [-0.4, -0.2) is 57.9 Å².